The molecule has 1 saturated carbocycles. The Balaban J connectivity index is 1.50. The zero-order chi connectivity index (χ0) is 16.1. The van der Waals surface area contributed by atoms with E-state index in [2.05, 4.69) is 10.2 Å². The summed E-state index contributed by atoms with van der Waals surface area (Å²) in [6, 6.07) is 9.73. The molecule has 3 unspecified atom stereocenters. The summed E-state index contributed by atoms with van der Waals surface area (Å²) in [6.45, 7) is 2.81. The second kappa shape index (κ2) is 7.93. The number of aliphatic hydroxyl groups is 1. The van der Waals surface area contributed by atoms with Gasteiger partial charge in [-0.3, -0.25) is 9.69 Å². The minimum absolute atomic E-state index is 0.0143. The van der Waals surface area contributed by atoms with Gasteiger partial charge in [-0.1, -0.05) is 31.0 Å². The molecule has 0 aromatic heterocycles. The number of hydrogen-bond acceptors (Lipinski definition) is 3. The average Bonchev–Trinajstić information content (AvgIpc) is 2.61. The highest BCUT2D eigenvalue weighted by atomic mass is 16.3. The zero-order valence-electron chi connectivity index (χ0n) is 13.8. The Kier molecular flexibility index (Phi) is 5.68. The molecule has 4 heteroatoms. The third-order valence-corrected chi connectivity index (χ3v) is 5.30. The molecule has 1 aromatic rings. The number of benzene rings is 1. The Bertz CT molecular complexity index is 505. The molecule has 126 valence electrons. The molecule has 2 aliphatic rings. The van der Waals surface area contributed by atoms with Crippen molar-refractivity contribution < 1.29 is 9.90 Å². The molecule has 23 heavy (non-hydrogen) atoms. The average molecular weight is 316 g/mol. The number of nitrogens with zero attached hydrogens (tertiary/aromatic N) is 1. The predicted octanol–water partition coefficient (Wildman–Crippen LogP) is 2.43. The van der Waals surface area contributed by atoms with E-state index in [-0.39, 0.29) is 12.0 Å². The molecule has 3 atom stereocenters. The molecule has 1 aromatic carbocycles. The van der Waals surface area contributed by atoms with E-state index in [1.54, 1.807) is 0 Å². The first-order valence-corrected chi connectivity index (χ1v) is 8.99. The molecule has 4 nitrogen and oxygen atoms in total. The van der Waals surface area contributed by atoms with Crippen LogP contribution in [0.5, 0.6) is 0 Å². The van der Waals surface area contributed by atoms with Crippen molar-refractivity contribution in [1.29, 1.82) is 0 Å². The summed E-state index contributed by atoms with van der Waals surface area (Å²) < 4.78 is 0. The Morgan fingerprint density at radius 1 is 1.13 bits per heavy atom. The van der Waals surface area contributed by atoms with E-state index in [0.29, 0.717) is 12.0 Å². The van der Waals surface area contributed by atoms with Gasteiger partial charge in [0.2, 0.25) is 0 Å². The van der Waals surface area contributed by atoms with Crippen LogP contribution in [0.3, 0.4) is 0 Å². The molecule has 2 N–H and O–H groups in total. The van der Waals surface area contributed by atoms with Gasteiger partial charge in [0.05, 0.1) is 6.10 Å². The van der Waals surface area contributed by atoms with Crippen LogP contribution in [-0.2, 0) is 0 Å². The maximum atomic E-state index is 12.2. The lowest BCUT2D eigenvalue weighted by atomic mass is 9.88. The summed E-state index contributed by atoms with van der Waals surface area (Å²) in [5, 5.41) is 13.3. The van der Waals surface area contributed by atoms with E-state index in [1.165, 1.54) is 6.42 Å². The summed E-state index contributed by atoms with van der Waals surface area (Å²) in [5.41, 5.74) is 0.725. The lowest BCUT2D eigenvalue weighted by Gasteiger charge is -2.42. The van der Waals surface area contributed by atoms with Crippen molar-refractivity contribution in [2.45, 2.75) is 50.7 Å². The number of carbonyl (C=O) groups is 1. The number of hydrogen-bond donors (Lipinski definition) is 2. The first-order valence-electron chi connectivity index (χ1n) is 8.99. The molecule has 1 amide bonds. The topological polar surface area (TPSA) is 52.6 Å². The highest BCUT2D eigenvalue weighted by molar-refractivity contribution is 5.94. The predicted molar refractivity (Wildman–Crippen MR) is 91.3 cm³/mol. The zero-order valence-corrected chi connectivity index (χ0v) is 13.8. The van der Waals surface area contributed by atoms with E-state index >= 15 is 0 Å². The van der Waals surface area contributed by atoms with Gasteiger partial charge in [-0.05, 0) is 50.3 Å². The number of carbonyl (C=O) groups excluding carboxylic acids is 1. The van der Waals surface area contributed by atoms with E-state index in [9.17, 15) is 9.90 Å². The van der Waals surface area contributed by atoms with Crippen LogP contribution in [-0.4, -0.2) is 47.7 Å². The number of likely N-dealkylation sites (tertiary alicyclic amines) is 1. The quantitative estimate of drug-likeness (QED) is 0.897. The second-order valence-corrected chi connectivity index (χ2v) is 7.00. The normalized spacial score (nSPS) is 29.2. The fourth-order valence-corrected chi connectivity index (χ4v) is 4.01. The number of rotatable bonds is 4. The number of nitrogens with one attached hydrogen (secondary N) is 1. The van der Waals surface area contributed by atoms with Gasteiger partial charge in [-0.25, -0.2) is 0 Å². The number of piperidine rings is 1. The SMILES string of the molecule is O=C(NCC1CCCN(C2CCCCC2O)C1)c1ccccc1. The Morgan fingerprint density at radius 3 is 2.70 bits per heavy atom. The van der Waals surface area contributed by atoms with Crippen LogP contribution in [0, 0.1) is 5.92 Å². The van der Waals surface area contributed by atoms with E-state index in [1.807, 2.05) is 30.3 Å². The summed E-state index contributed by atoms with van der Waals surface area (Å²) in [6.07, 6.45) is 6.60. The van der Waals surface area contributed by atoms with Crippen molar-refractivity contribution >= 4 is 5.91 Å². The standard InChI is InChI=1S/C19H28N2O2/c22-18-11-5-4-10-17(18)21-12-6-7-15(14-21)13-20-19(23)16-8-2-1-3-9-16/h1-3,8-9,15,17-18,22H,4-7,10-14H2,(H,20,23). The van der Waals surface area contributed by atoms with Gasteiger partial charge in [0.25, 0.3) is 5.91 Å². The molecule has 1 aliphatic heterocycles. The van der Waals surface area contributed by atoms with E-state index in [4.69, 9.17) is 0 Å². The van der Waals surface area contributed by atoms with Crippen molar-refractivity contribution in [2.24, 2.45) is 5.92 Å². The van der Waals surface area contributed by atoms with Crippen LogP contribution in [0.25, 0.3) is 0 Å². The van der Waals surface area contributed by atoms with Gasteiger partial charge < -0.3 is 10.4 Å². The van der Waals surface area contributed by atoms with Gasteiger partial charge in [0, 0.05) is 24.7 Å². The Hall–Kier alpha value is -1.39. The van der Waals surface area contributed by atoms with E-state index in [0.717, 1.165) is 57.3 Å². The number of amides is 1. The third-order valence-electron chi connectivity index (χ3n) is 5.30. The van der Waals surface area contributed by atoms with Crippen LogP contribution >= 0.6 is 0 Å². The first kappa shape index (κ1) is 16.5. The van der Waals surface area contributed by atoms with Crippen molar-refractivity contribution in [3.8, 4) is 0 Å². The van der Waals surface area contributed by atoms with Crippen molar-refractivity contribution in [3.05, 3.63) is 35.9 Å². The molecule has 1 saturated heterocycles. The van der Waals surface area contributed by atoms with Crippen LogP contribution in [0.2, 0.25) is 0 Å². The maximum Gasteiger partial charge on any atom is 0.251 e. The lowest BCUT2D eigenvalue weighted by molar-refractivity contribution is 0.000375. The lowest BCUT2D eigenvalue weighted by Crippen LogP contribution is -2.51. The molecule has 3 rings (SSSR count). The molecule has 2 fully saturated rings. The maximum absolute atomic E-state index is 12.2. The molecule has 1 aliphatic carbocycles. The van der Waals surface area contributed by atoms with E-state index < -0.39 is 0 Å². The van der Waals surface area contributed by atoms with Crippen molar-refractivity contribution in [1.82, 2.24) is 10.2 Å². The third kappa shape index (κ3) is 4.33. The Labute approximate surface area is 138 Å². The summed E-state index contributed by atoms with van der Waals surface area (Å²) in [7, 11) is 0. The molecule has 1 heterocycles. The summed E-state index contributed by atoms with van der Waals surface area (Å²) >= 11 is 0. The van der Waals surface area contributed by atoms with Gasteiger partial charge in [0.15, 0.2) is 0 Å². The van der Waals surface area contributed by atoms with Crippen molar-refractivity contribution in [3.63, 3.8) is 0 Å². The van der Waals surface area contributed by atoms with Gasteiger partial charge in [-0.15, -0.1) is 0 Å². The van der Waals surface area contributed by atoms with Crippen LogP contribution in [0.15, 0.2) is 30.3 Å². The molecule has 0 radical (unpaired) electrons. The van der Waals surface area contributed by atoms with Crippen LogP contribution < -0.4 is 5.32 Å². The monoisotopic (exact) mass is 316 g/mol. The highest BCUT2D eigenvalue weighted by Gasteiger charge is 2.32. The van der Waals surface area contributed by atoms with Crippen molar-refractivity contribution in [2.75, 3.05) is 19.6 Å². The minimum atomic E-state index is -0.165. The summed E-state index contributed by atoms with van der Waals surface area (Å²) in [4.78, 5) is 14.6. The molecule has 0 bridgehead atoms. The second-order valence-electron chi connectivity index (χ2n) is 7.00. The van der Waals surface area contributed by atoms with Gasteiger partial charge >= 0.3 is 0 Å². The summed E-state index contributed by atoms with van der Waals surface area (Å²) in [5.74, 6) is 0.506. The smallest absolute Gasteiger partial charge is 0.251 e. The first-order chi connectivity index (χ1) is 11.2. The highest BCUT2D eigenvalue weighted by Crippen LogP contribution is 2.27. The van der Waals surface area contributed by atoms with Crippen LogP contribution in [0.1, 0.15) is 48.9 Å². The largest absolute Gasteiger partial charge is 0.391 e. The fraction of sp³-hybridized carbons (Fsp3) is 0.632. The minimum Gasteiger partial charge on any atom is -0.391 e. The van der Waals surface area contributed by atoms with Crippen LogP contribution in [0.4, 0.5) is 0 Å². The molecular formula is C19H28N2O2. The van der Waals surface area contributed by atoms with Gasteiger partial charge in [-0.2, -0.15) is 0 Å². The number of aliphatic hydroxyl groups excluding tert-OH is 1. The van der Waals surface area contributed by atoms with Gasteiger partial charge in [0.1, 0.15) is 0 Å². The molecular weight excluding hydrogens is 288 g/mol. The fourth-order valence-electron chi connectivity index (χ4n) is 4.01. The Morgan fingerprint density at radius 2 is 1.91 bits per heavy atom. The molecule has 0 spiro atoms.